The van der Waals surface area contributed by atoms with E-state index in [-0.39, 0.29) is 11.7 Å². The van der Waals surface area contributed by atoms with Crippen LogP contribution in [0.3, 0.4) is 0 Å². The van der Waals surface area contributed by atoms with Crippen LogP contribution in [0, 0.1) is 0 Å². The Hall–Kier alpha value is -4.26. The average molecular weight is 401 g/mol. The quantitative estimate of drug-likeness (QED) is 0.215. The van der Waals surface area contributed by atoms with Crippen molar-refractivity contribution in [3.05, 3.63) is 95.8 Å². The van der Waals surface area contributed by atoms with Crippen molar-refractivity contribution in [3.8, 4) is 11.5 Å². The van der Waals surface area contributed by atoms with Gasteiger partial charge in [0, 0.05) is 24.0 Å². The van der Waals surface area contributed by atoms with Crippen molar-refractivity contribution < 1.29 is 19.1 Å². The zero-order valence-electron chi connectivity index (χ0n) is 16.2. The second kappa shape index (κ2) is 10.3. The van der Waals surface area contributed by atoms with Crippen LogP contribution in [0.5, 0.6) is 11.5 Å². The molecule has 0 saturated carbocycles. The first-order valence-electron chi connectivity index (χ1n) is 9.02. The fourth-order valence-electron chi connectivity index (χ4n) is 2.45. The Labute approximate surface area is 173 Å². The summed E-state index contributed by atoms with van der Waals surface area (Å²) >= 11 is 0. The number of hydrogen-bond donors (Lipinski definition) is 1. The van der Waals surface area contributed by atoms with E-state index in [1.54, 1.807) is 36.4 Å². The Morgan fingerprint density at radius 1 is 0.967 bits per heavy atom. The van der Waals surface area contributed by atoms with Gasteiger partial charge in [0.1, 0.15) is 0 Å². The van der Waals surface area contributed by atoms with Gasteiger partial charge in [-0.3, -0.25) is 9.78 Å². The number of carbonyl (C=O) groups excluding carboxylic acids is 2. The van der Waals surface area contributed by atoms with Crippen molar-refractivity contribution in [2.24, 2.45) is 5.10 Å². The largest absolute Gasteiger partial charge is 0.493 e. The summed E-state index contributed by atoms with van der Waals surface area (Å²) < 4.78 is 10.6. The molecule has 1 amide bonds. The van der Waals surface area contributed by atoms with E-state index in [1.165, 1.54) is 31.8 Å². The summed E-state index contributed by atoms with van der Waals surface area (Å²) in [4.78, 5) is 27.9. The summed E-state index contributed by atoms with van der Waals surface area (Å²) in [5.41, 5.74) is 4.43. The SMILES string of the molecule is COc1cc(/C=N\NC(=O)c2ccncc2)ccc1OC(=O)/C=C/c1ccccc1. The molecule has 0 fully saturated rings. The molecule has 150 valence electrons. The minimum atomic E-state index is -0.525. The number of nitrogens with one attached hydrogen (secondary N) is 1. The summed E-state index contributed by atoms with van der Waals surface area (Å²) in [5, 5.41) is 3.93. The standard InChI is InChI=1S/C23H19N3O4/c1-29-21-15-18(16-25-26-23(28)19-11-13-24-14-12-19)7-9-20(21)30-22(27)10-8-17-5-3-2-4-6-17/h2-16H,1H3,(H,26,28)/b10-8+,25-16-. The molecule has 0 saturated heterocycles. The number of benzene rings is 2. The molecule has 1 N–H and O–H groups in total. The van der Waals surface area contributed by atoms with Gasteiger partial charge in [0.25, 0.3) is 5.91 Å². The Morgan fingerprint density at radius 2 is 1.73 bits per heavy atom. The zero-order valence-corrected chi connectivity index (χ0v) is 16.2. The lowest BCUT2D eigenvalue weighted by atomic mass is 10.2. The van der Waals surface area contributed by atoms with E-state index in [1.807, 2.05) is 30.3 Å². The number of amides is 1. The van der Waals surface area contributed by atoms with Crippen molar-refractivity contribution >= 4 is 24.2 Å². The lowest BCUT2D eigenvalue weighted by Crippen LogP contribution is -2.17. The van der Waals surface area contributed by atoms with Crippen LogP contribution in [0.25, 0.3) is 6.08 Å². The molecule has 0 atom stereocenters. The maximum absolute atomic E-state index is 12.1. The van der Waals surface area contributed by atoms with E-state index in [9.17, 15) is 9.59 Å². The minimum absolute atomic E-state index is 0.276. The van der Waals surface area contributed by atoms with E-state index < -0.39 is 5.97 Å². The lowest BCUT2D eigenvalue weighted by molar-refractivity contribution is -0.129. The predicted molar refractivity (Wildman–Crippen MR) is 113 cm³/mol. The number of nitrogens with zero attached hydrogens (tertiary/aromatic N) is 2. The molecule has 0 unspecified atom stereocenters. The molecule has 1 heterocycles. The summed E-state index contributed by atoms with van der Waals surface area (Å²) in [6, 6.07) is 17.5. The van der Waals surface area contributed by atoms with Crippen molar-refractivity contribution in [1.29, 1.82) is 0 Å². The zero-order chi connectivity index (χ0) is 21.2. The number of rotatable bonds is 7. The van der Waals surface area contributed by atoms with Crippen LogP contribution in [0.4, 0.5) is 0 Å². The second-order valence-electron chi connectivity index (χ2n) is 6.01. The smallest absolute Gasteiger partial charge is 0.336 e. The van der Waals surface area contributed by atoms with E-state index in [0.717, 1.165) is 5.56 Å². The Morgan fingerprint density at radius 3 is 2.47 bits per heavy atom. The van der Waals surface area contributed by atoms with Crippen molar-refractivity contribution in [2.45, 2.75) is 0 Å². The van der Waals surface area contributed by atoms with E-state index in [2.05, 4.69) is 15.5 Å². The predicted octanol–water partition coefficient (Wildman–Crippen LogP) is 3.47. The summed E-state index contributed by atoms with van der Waals surface area (Å²) in [7, 11) is 1.47. The third-order valence-corrected chi connectivity index (χ3v) is 3.93. The molecular weight excluding hydrogens is 382 g/mol. The highest BCUT2D eigenvalue weighted by Crippen LogP contribution is 2.27. The number of ether oxygens (including phenoxy) is 2. The molecular formula is C23H19N3O4. The van der Waals surface area contributed by atoms with Crippen molar-refractivity contribution in [1.82, 2.24) is 10.4 Å². The highest BCUT2D eigenvalue weighted by Gasteiger charge is 2.09. The van der Waals surface area contributed by atoms with Crippen LogP contribution in [0.2, 0.25) is 0 Å². The number of hydrogen-bond acceptors (Lipinski definition) is 6. The first-order valence-corrected chi connectivity index (χ1v) is 9.02. The molecule has 2 aromatic carbocycles. The van der Waals surface area contributed by atoms with Crippen LogP contribution >= 0.6 is 0 Å². The van der Waals surface area contributed by atoms with Gasteiger partial charge < -0.3 is 9.47 Å². The van der Waals surface area contributed by atoms with Crippen molar-refractivity contribution in [3.63, 3.8) is 0 Å². The molecule has 30 heavy (non-hydrogen) atoms. The normalized spacial score (nSPS) is 10.8. The van der Waals surface area contributed by atoms with Gasteiger partial charge in [0.15, 0.2) is 11.5 Å². The van der Waals surface area contributed by atoms with Crippen LogP contribution in [-0.2, 0) is 4.79 Å². The van der Waals surface area contributed by atoms with Crippen LogP contribution in [0.1, 0.15) is 21.5 Å². The highest BCUT2D eigenvalue weighted by atomic mass is 16.6. The number of methoxy groups -OCH3 is 1. The Bertz CT molecular complexity index is 1060. The van der Waals surface area contributed by atoms with Gasteiger partial charge in [-0.2, -0.15) is 5.10 Å². The molecule has 3 rings (SSSR count). The third kappa shape index (κ3) is 5.87. The first-order chi connectivity index (χ1) is 14.7. The number of pyridine rings is 1. The van der Waals surface area contributed by atoms with E-state index in [4.69, 9.17) is 9.47 Å². The highest BCUT2D eigenvalue weighted by molar-refractivity contribution is 5.94. The fraction of sp³-hybridized carbons (Fsp3) is 0.0435. The molecule has 0 aliphatic carbocycles. The molecule has 0 spiro atoms. The summed E-state index contributed by atoms with van der Waals surface area (Å²) in [6.45, 7) is 0. The van der Waals surface area contributed by atoms with Crippen molar-refractivity contribution in [2.75, 3.05) is 7.11 Å². The Balaban J connectivity index is 1.62. The van der Waals surface area contributed by atoms with E-state index >= 15 is 0 Å². The van der Waals surface area contributed by atoms with Crippen LogP contribution < -0.4 is 14.9 Å². The van der Waals surface area contributed by atoms with Gasteiger partial charge in [-0.05, 0) is 47.5 Å². The number of esters is 1. The maximum atomic E-state index is 12.1. The van der Waals surface area contributed by atoms with Gasteiger partial charge >= 0.3 is 5.97 Å². The first kappa shape index (κ1) is 20.5. The molecule has 0 aliphatic heterocycles. The lowest BCUT2D eigenvalue weighted by Gasteiger charge is -2.08. The van der Waals surface area contributed by atoms with Crippen LogP contribution in [0.15, 0.2) is 84.2 Å². The monoisotopic (exact) mass is 401 g/mol. The van der Waals surface area contributed by atoms with Gasteiger partial charge in [-0.1, -0.05) is 30.3 Å². The van der Waals surface area contributed by atoms with Gasteiger partial charge in [0.2, 0.25) is 0 Å². The third-order valence-electron chi connectivity index (χ3n) is 3.93. The molecule has 7 heteroatoms. The van der Waals surface area contributed by atoms with E-state index in [0.29, 0.717) is 16.9 Å². The fourth-order valence-corrected chi connectivity index (χ4v) is 2.45. The molecule has 0 bridgehead atoms. The molecule has 1 aromatic heterocycles. The second-order valence-corrected chi connectivity index (χ2v) is 6.01. The number of carbonyl (C=O) groups is 2. The Kier molecular flexibility index (Phi) is 7.05. The average Bonchev–Trinajstić information content (AvgIpc) is 2.79. The van der Waals surface area contributed by atoms with Gasteiger partial charge in [0.05, 0.1) is 13.3 Å². The molecule has 0 radical (unpaired) electrons. The topological polar surface area (TPSA) is 89.9 Å². The number of hydrazone groups is 1. The maximum Gasteiger partial charge on any atom is 0.336 e. The minimum Gasteiger partial charge on any atom is -0.493 e. The molecule has 7 nitrogen and oxygen atoms in total. The van der Waals surface area contributed by atoms with Gasteiger partial charge in [-0.25, -0.2) is 10.2 Å². The summed E-state index contributed by atoms with van der Waals surface area (Å²) in [6.07, 6.45) is 7.53. The summed E-state index contributed by atoms with van der Waals surface area (Å²) in [5.74, 6) is -0.237. The van der Waals surface area contributed by atoms with Crippen LogP contribution in [-0.4, -0.2) is 30.2 Å². The molecule has 0 aliphatic rings. The van der Waals surface area contributed by atoms with Gasteiger partial charge in [-0.15, -0.1) is 0 Å². The number of aromatic nitrogens is 1. The molecule has 3 aromatic rings.